The lowest BCUT2D eigenvalue weighted by atomic mass is 10.1. The zero-order valence-corrected chi connectivity index (χ0v) is 9.92. The summed E-state index contributed by atoms with van der Waals surface area (Å²) in [6.45, 7) is 2.37. The van der Waals surface area contributed by atoms with E-state index in [1.165, 1.54) is 6.07 Å². The zero-order chi connectivity index (χ0) is 13.0. The number of hydrogen-bond donors (Lipinski definition) is 2. The number of hydrogen-bond acceptors (Lipinski definition) is 5. The Bertz CT molecular complexity index is 553. The third-order valence-corrected chi connectivity index (χ3v) is 2.49. The quantitative estimate of drug-likeness (QED) is 0.827. The second-order valence-corrected chi connectivity index (χ2v) is 3.83. The number of carbonyl (C=O) groups is 1. The van der Waals surface area contributed by atoms with E-state index in [0.717, 1.165) is 11.1 Å². The predicted octanol–water partition coefficient (Wildman–Crippen LogP) is 0.692. The van der Waals surface area contributed by atoms with Crippen LogP contribution in [0.15, 0.2) is 30.6 Å². The van der Waals surface area contributed by atoms with Crippen molar-refractivity contribution in [3.05, 3.63) is 47.4 Å². The molecule has 2 rings (SSSR count). The topological polar surface area (TPSA) is 93.8 Å². The Morgan fingerprint density at radius 2 is 2.17 bits per heavy atom. The van der Waals surface area contributed by atoms with Crippen molar-refractivity contribution < 1.29 is 4.79 Å². The van der Waals surface area contributed by atoms with Gasteiger partial charge in [0, 0.05) is 18.9 Å². The van der Waals surface area contributed by atoms with Gasteiger partial charge in [0.1, 0.15) is 5.82 Å². The molecule has 0 radical (unpaired) electrons. The van der Waals surface area contributed by atoms with Crippen LogP contribution in [0.4, 0.5) is 5.82 Å². The van der Waals surface area contributed by atoms with E-state index in [0.29, 0.717) is 6.54 Å². The molecule has 0 saturated heterocycles. The van der Waals surface area contributed by atoms with Gasteiger partial charge in [-0.25, -0.2) is 0 Å². The van der Waals surface area contributed by atoms with Gasteiger partial charge in [0.15, 0.2) is 5.69 Å². The fourth-order valence-corrected chi connectivity index (χ4v) is 1.43. The first-order valence-corrected chi connectivity index (χ1v) is 5.43. The van der Waals surface area contributed by atoms with Crippen molar-refractivity contribution in [2.45, 2.75) is 13.5 Å². The fraction of sp³-hybridized carbons (Fsp3) is 0.167. The highest BCUT2D eigenvalue weighted by atomic mass is 16.1. The Morgan fingerprint density at radius 1 is 1.33 bits per heavy atom. The van der Waals surface area contributed by atoms with Crippen molar-refractivity contribution in [3.63, 3.8) is 0 Å². The van der Waals surface area contributed by atoms with Crippen LogP contribution in [0, 0.1) is 6.92 Å². The summed E-state index contributed by atoms with van der Waals surface area (Å²) >= 11 is 0. The average Bonchev–Trinajstić information content (AvgIpc) is 2.38. The molecule has 18 heavy (non-hydrogen) atoms. The van der Waals surface area contributed by atoms with Crippen LogP contribution >= 0.6 is 0 Å². The normalized spacial score (nSPS) is 10.1. The van der Waals surface area contributed by atoms with E-state index in [1.54, 1.807) is 18.5 Å². The number of rotatable bonds is 3. The molecule has 6 heteroatoms. The first-order valence-electron chi connectivity index (χ1n) is 5.43. The largest absolute Gasteiger partial charge is 0.382 e. The van der Waals surface area contributed by atoms with Crippen LogP contribution in [0.1, 0.15) is 21.6 Å². The molecule has 2 aromatic rings. The second kappa shape index (κ2) is 5.22. The minimum atomic E-state index is -0.279. The van der Waals surface area contributed by atoms with Crippen molar-refractivity contribution in [2.75, 3.05) is 5.73 Å². The molecule has 0 unspecified atom stereocenters. The number of nitrogens with zero attached hydrogens (tertiary/aromatic N) is 3. The first-order chi connectivity index (χ1) is 8.66. The van der Waals surface area contributed by atoms with Crippen LogP contribution < -0.4 is 11.1 Å². The summed E-state index contributed by atoms with van der Waals surface area (Å²) in [5.74, 6) is 0.00948. The molecule has 0 aliphatic rings. The Labute approximate surface area is 104 Å². The minimum absolute atomic E-state index is 0.246. The summed E-state index contributed by atoms with van der Waals surface area (Å²) in [6.07, 6.45) is 3.45. The van der Waals surface area contributed by atoms with Gasteiger partial charge in [-0.3, -0.25) is 9.78 Å². The predicted molar refractivity (Wildman–Crippen MR) is 66.6 cm³/mol. The van der Waals surface area contributed by atoms with Crippen LogP contribution in [0.5, 0.6) is 0 Å². The summed E-state index contributed by atoms with van der Waals surface area (Å²) in [5, 5.41) is 10.1. The zero-order valence-electron chi connectivity index (χ0n) is 9.92. The van der Waals surface area contributed by atoms with E-state index in [9.17, 15) is 4.79 Å². The maximum atomic E-state index is 11.8. The number of pyridine rings is 1. The molecule has 92 valence electrons. The van der Waals surface area contributed by atoms with E-state index < -0.39 is 0 Å². The summed E-state index contributed by atoms with van der Waals surface area (Å²) in [4.78, 5) is 15.8. The first kappa shape index (κ1) is 12.0. The summed E-state index contributed by atoms with van der Waals surface area (Å²) in [5.41, 5.74) is 7.69. The molecule has 1 amide bonds. The maximum Gasteiger partial charge on any atom is 0.272 e. The number of aryl methyl sites for hydroxylation is 1. The lowest BCUT2D eigenvalue weighted by Crippen LogP contribution is -2.24. The Hall–Kier alpha value is -2.50. The third kappa shape index (κ3) is 2.79. The van der Waals surface area contributed by atoms with Crippen molar-refractivity contribution >= 4 is 11.7 Å². The van der Waals surface area contributed by atoms with E-state index in [1.807, 2.05) is 13.0 Å². The average molecular weight is 243 g/mol. The van der Waals surface area contributed by atoms with Gasteiger partial charge in [0.05, 0.1) is 0 Å². The fourth-order valence-electron chi connectivity index (χ4n) is 1.43. The monoisotopic (exact) mass is 243 g/mol. The van der Waals surface area contributed by atoms with E-state index in [4.69, 9.17) is 5.73 Å². The number of aromatic nitrogens is 3. The maximum absolute atomic E-state index is 11.8. The van der Waals surface area contributed by atoms with Gasteiger partial charge in [-0.1, -0.05) is 0 Å². The smallest absolute Gasteiger partial charge is 0.272 e. The van der Waals surface area contributed by atoms with E-state index >= 15 is 0 Å². The lowest BCUT2D eigenvalue weighted by molar-refractivity contribution is 0.0945. The van der Waals surface area contributed by atoms with Gasteiger partial charge < -0.3 is 11.1 Å². The standard InChI is InChI=1S/C12H13N5O/c1-8-6-14-5-4-9(8)7-15-12(18)10-2-3-11(13)17-16-10/h2-6H,7H2,1H3,(H2,13,17)(H,15,18). The molecular formula is C12H13N5O. The Morgan fingerprint density at radius 3 is 2.83 bits per heavy atom. The van der Waals surface area contributed by atoms with E-state index in [-0.39, 0.29) is 17.4 Å². The van der Waals surface area contributed by atoms with Crippen LogP contribution in [-0.4, -0.2) is 21.1 Å². The molecule has 3 N–H and O–H groups in total. The van der Waals surface area contributed by atoms with Crippen LogP contribution in [0.2, 0.25) is 0 Å². The number of amides is 1. The van der Waals surface area contributed by atoms with Gasteiger partial charge >= 0.3 is 0 Å². The molecule has 0 aromatic carbocycles. The lowest BCUT2D eigenvalue weighted by Gasteiger charge is -2.06. The van der Waals surface area contributed by atoms with Crippen molar-refractivity contribution in [1.82, 2.24) is 20.5 Å². The van der Waals surface area contributed by atoms with Crippen LogP contribution in [0.25, 0.3) is 0 Å². The molecule has 0 spiro atoms. The summed E-state index contributed by atoms with van der Waals surface area (Å²) < 4.78 is 0. The molecule has 0 atom stereocenters. The molecular weight excluding hydrogens is 230 g/mol. The number of nitrogen functional groups attached to an aromatic ring is 1. The highest BCUT2D eigenvalue weighted by Gasteiger charge is 2.07. The summed E-state index contributed by atoms with van der Waals surface area (Å²) in [6, 6.07) is 4.95. The second-order valence-electron chi connectivity index (χ2n) is 3.83. The van der Waals surface area contributed by atoms with Crippen LogP contribution in [0.3, 0.4) is 0 Å². The van der Waals surface area contributed by atoms with Gasteiger partial charge in [-0.05, 0) is 36.2 Å². The molecule has 2 heterocycles. The number of nitrogens with one attached hydrogen (secondary N) is 1. The molecule has 0 bridgehead atoms. The number of carbonyl (C=O) groups excluding carboxylic acids is 1. The van der Waals surface area contributed by atoms with Crippen LogP contribution in [-0.2, 0) is 6.54 Å². The number of nitrogens with two attached hydrogens (primary N) is 1. The van der Waals surface area contributed by atoms with Crippen molar-refractivity contribution in [2.24, 2.45) is 0 Å². The van der Waals surface area contributed by atoms with Gasteiger partial charge in [0.2, 0.25) is 0 Å². The highest BCUT2D eigenvalue weighted by Crippen LogP contribution is 2.05. The van der Waals surface area contributed by atoms with E-state index in [2.05, 4.69) is 20.5 Å². The van der Waals surface area contributed by atoms with Crippen molar-refractivity contribution in [3.8, 4) is 0 Å². The highest BCUT2D eigenvalue weighted by molar-refractivity contribution is 5.92. The molecule has 2 aromatic heterocycles. The molecule has 0 fully saturated rings. The minimum Gasteiger partial charge on any atom is -0.382 e. The van der Waals surface area contributed by atoms with Gasteiger partial charge in [-0.15, -0.1) is 10.2 Å². The Balaban J connectivity index is 2.01. The number of anilines is 1. The van der Waals surface area contributed by atoms with Gasteiger partial charge in [-0.2, -0.15) is 0 Å². The molecule has 0 aliphatic carbocycles. The molecule has 6 nitrogen and oxygen atoms in total. The van der Waals surface area contributed by atoms with Gasteiger partial charge in [0.25, 0.3) is 5.91 Å². The summed E-state index contributed by atoms with van der Waals surface area (Å²) in [7, 11) is 0. The molecule has 0 saturated carbocycles. The molecule has 0 aliphatic heterocycles. The SMILES string of the molecule is Cc1cnccc1CNC(=O)c1ccc(N)nn1. The Kier molecular flexibility index (Phi) is 3.47. The third-order valence-electron chi connectivity index (χ3n) is 2.49. The van der Waals surface area contributed by atoms with Crippen molar-refractivity contribution in [1.29, 1.82) is 0 Å².